The summed E-state index contributed by atoms with van der Waals surface area (Å²) in [5.74, 6) is -0.289. The number of hydrogen-bond donors (Lipinski definition) is 0. The van der Waals surface area contributed by atoms with E-state index in [2.05, 4.69) is 22.0 Å². The van der Waals surface area contributed by atoms with E-state index in [0.717, 1.165) is 16.7 Å². The Bertz CT molecular complexity index is 581. The Morgan fingerprint density at radius 1 is 1.11 bits per heavy atom. The first-order valence-corrected chi connectivity index (χ1v) is 6.89. The maximum absolute atomic E-state index is 13.5. The summed E-state index contributed by atoms with van der Waals surface area (Å²) >= 11 is 9.73. The minimum absolute atomic E-state index is 0.289. The quantitative estimate of drug-likeness (QED) is 0.636. The minimum Gasteiger partial charge on any atom is -0.206 e. The monoisotopic (exact) mass is 326 g/mol. The van der Waals surface area contributed by atoms with Gasteiger partial charge in [-0.15, -0.1) is 11.6 Å². The van der Waals surface area contributed by atoms with Gasteiger partial charge < -0.3 is 0 Å². The van der Waals surface area contributed by atoms with E-state index in [0.29, 0.717) is 4.47 Å². The first-order chi connectivity index (χ1) is 8.50. The van der Waals surface area contributed by atoms with Crippen LogP contribution in [0.3, 0.4) is 0 Å². The largest absolute Gasteiger partial charge is 0.206 e. The number of aryl methyl sites for hydroxylation is 2. The van der Waals surface area contributed by atoms with Gasteiger partial charge >= 0.3 is 0 Å². The highest BCUT2D eigenvalue weighted by Crippen LogP contribution is 2.36. The lowest BCUT2D eigenvalue weighted by atomic mass is 9.98. The molecule has 0 N–H and O–H groups in total. The fraction of sp³-hybridized carbons (Fsp3) is 0.200. The Morgan fingerprint density at radius 2 is 1.83 bits per heavy atom. The zero-order valence-electron chi connectivity index (χ0n) is 10.2. The summed E-state index contributed by atoms with van der Waals surface area (Å²) in [6.45, 7) is 4.06. The highest BCUT2D eigenvalue weighted by atomic mass is 79.9. The third-order valence-electron chi connectivity index (χ3n) is 2.95. The van der Waals surface area contributed by atoms with Gasteiger partial charge in [0, 0.05) is 0 Å². The van der Waals surface area contributed by atoms with Crippen molar-refractivity contribution >= 4 is 27.5 Å². The summed E-state index contributed by atoms with van der Waals surface area (Å²) in [5.41, 5.74) is 4.07. The van der Waals surface area contributed by atoms with Gasteiger partial charge in [-0.2, -0.15) is 0 Å². The molecule has 0 aromatic heterocycles. The minimum atomic E-state index is -0.351. The molecule has 0 nitrogen and oxygen atoms in total. The molecular weight excluding hydrogens is 315 g/mol. The van der Waals surface area contributed by atoms with Crippen LogP contribution in [0.2, 0.25) is 0 Å². The number of alkyl halides is 1. The maximum Gasteiger partial charge on any atom is 0.137 e. The molecule has 18 heavy (non-hydrogen) atoms. The molecule has 0 radical (unpaired) electrons. The van der Waals surface area contributed by atoms with Gasteiger partial charge in [-0.1, -0.05) is 35.9 Å². The summed E-state index contributed by atoms with van der Waals surface area (Å²) in [7, 11) is 0. The molecule has 0 fully saturated rings. The Kier molecular flexibility index (Phi) is 4.08. The van der Waals surface area contributed by atoms with Gasteiger partial charge in [0.15, 0.2) is 0 Å². The smallest absolute Gasteiger partial charge is 0.137 e. The maximum atomic E-state index is 13.5. The lowest BCUT2D eigenvalue weighted by molar-refractivity contribution is 0.618. The van der Waals surface area contributed by atoms with E-state index in [9.17, 15) is 4.39 Å². The lowest BCUT2D eigenvalue weighted by Crippen LogP contribution is -1.99. The van der Waals surface area contributed by atoms with E-state index in [1.807, 2.05) is 32.0 Å². The van der Waals surface area contributed by atoms with Crippen molar-refractivity contribution in [1.29, 1.82) is 0 Å². The second-order valence-corrected chi connectivity index (χ2v) is 5.60. The second kappa shape index (κ2) is 5.41. The summed E-state index contributed by atoms with van der Waals surface area (Å²) in [5, 5.41) is -0.351. The molecule has 0 spiro atoms. The first-order valence-electron chi connectivity index (χ1n) is 5.66. The van der Waals surface area contributed by atoms with Crippen LogP contribution in [0.5, 0.6) is 0 Å². The van der Waals surface area contributed by atoms with Crippen molar-refractivity contribution in [2.75, 3.05) is 0 Å². The average Bonchev–Trinajstić information content (AvgIpc) is 2.32. The molecule has 2 rings (SSSR count). The number of benzene rings is 2. The standard InChI is InChI=1S/C15H13BrClF/c1-9-6-7-11(10(2)8-9)15(17)12-4-3-5-13(18)14(12)16/h3-8,15H,1-2H3. The molecule has 0 saturated carbocycles. The van der Waals surface area contributed by atoms with Crippen molar-refractivity contribution in [2.45, 2.75) is 19.2 Å². The Morgan fingerprint density at radius 3 is 2.50 bits per heavy atom. The van der Waals surface area contributed by atoms with Crippen molar-refractivity contribution in [3.8, 4) is 0 Å². The van der Waals surface area contributed by atoms with E-state index in [-0.39, 0.29) is 11.2 Å². The van der Waals surface area contributed by atoms with Crippen LogP contribution in [0, 0.1) is 19.7 Å². The Hall–Kier alpha value is -0.860. The van der Waals surface area contributed by atoms with Crippen LogP contribution in [0.15, 0.2) is 40.9 Å². The summed E-state index contributed by atoms with van der Waals surface area (Å²) in [6.07, 6.45) is 0. The van der Waals surface area contributed by atoms with Crippen LogP contribution >= 0.6 is 27.5 Å². The van der Waals surface area contributed by atoms with Gasteiger partial charge in [0.1, 0.15) is 5.82 Å². The SMILES string of the molecule is Cc1ccc(C(Cl)c2cccc(F)c2Br)c(C)c1. The zero-order valence-corrected chi connectivity index (χ0v) is 12.5. The molecule has 0 aliphatic carbocycles. The molecular formula is C15H13BrClF. The van der Waals surface area contributed by atoms with Crippen molar-refractivity contribution < 1.29 is 4.39 Å². The van der Waals surface area contributed by atoms with Crippen molar-refractivity contribution in [3.05, 3.63) is 68.9 Å². The zero-order chi connectivity index (χ0) is 13.3. The van der Waals surface area contributed by atoms with Gasteiger partial charge in [0.05, 0.1) is 9.85 Å². The molecule has 1 unspecified atom stereocenters. The molecule has 0 aliphatic rings. The third kappa shape index (κ3) is 2.60. The van der Waals surface area contributed by atoms with Crippen LogP contribution in [0.25, 0.3) is 0 Å². The molecule has 94 valence electrons. The van der Waals surface area contributed by atoms with Gasteiger partial charge in [-0.25, -0.2) is 4.39 Å². The topological polar surface area (TPSA) is 0 Å². The number of halogens is 3. The molecule has 0 amide bonds. The van der Waals surface area contributed by atoms with Crippen LogP contribution in [0.4, 0.5) is 4.39 Å². The van der Waals surface area contributed by atoms with Crippen LogP contribution in [-0.4, -0.2) is 0 Å². The lowest BCUT2D eigenvalue weighted by Gasteiger charge is -2.15. The van der Waals surface area contributed by atoms with E-state index in [1.54, 1.807) is 6.07 Å². The summed E-state index contributed by atoms with van der Waals surface area (Å²) in [4.78, 5) is 0. The predicted molar refractivity (Wildman–Crippen MR) is 77.7 cm³/mol. The van der Waals surface area contributed by atoms with Crippen molar-refractivity contribution in [2.24, 2.45) is 0 Å². The predicted octanol–water partition coefficient (Wildman–Crippen LogP) is 5.53. The van der Waals surface area contributed by atoms with E-state index < -0.39 is 0 Å². The fourth-order valence-corrected chi connectivity index (χ4v) is 3.05. The van der Waals surface area contributed by atoms with Crippen LogP contribution in [-0.2, 0) is 0 Å². The molecule has 0 heterocycles. The molecule has 1 atom stereocenters. The number of hydrogen-bond acceptors (Lipinski definition) is 0. The summed E-state index contributed by atoms with van der Waals surface area (Å²) in [6, 6.07) is 11.0. The molecule has 2 aromatic carbocycles. The number of rotatable bonds is 2. The molecule has 0 bridgehead atoms. The fourth-order valence-electron chi connectivity index (χ4n) is 1.99. The summed E-state index contributed by atoms with van der Waals surface area (Å²) < 4.78 is 13.9. The normalized spacial score (nSPS) is 12.5. The van der Waals surface area contributed by atoms with Gasteiger partial charge in [-0.05, 0) is 52.5 Å². The Labute approximate surface area is 120 Å². The van der Waals surface area contributed by atoms with Crippen LogP contribution < -0.4 is 0 Å². The molecule has 0 aliphatic heterocycles. The van der Waals surface area contributed by atoms with Crippen molar-refractivity contribution in [3.63, 3.8) is 0 Å². The van der Waals surface area contributed by atoms with Gasteiger partial charge in [-0.3, -0.25) is 0 Å². The first kappa shape index (κ1) is 13.6. The van der Waals surface area contributed by atoms with Crippen LogP contribution in [0.1, 0.15) is 27.6 Å². The highest BCUT2D eigenvalue weighted by molar-refractivity contribution is 9.10. The van der Waals surface area contributed by atoms with E-state index >= 15 is 0 Å². The molecule has 3 heteroatoms. The highest BCUT2D eigenvalue weighted by Gasteiger charge is 2.17. The molecule has 0 saturated heterocycles. The molecule has 2 aromatic rings. The third-order valence-corrected chi connectivity index (χ3v) is 4.26. The van der Waals surface area contributed by atoms with Gasteiger partial charge in [0.25, 0.3) is 0 Å². The van der Waals surface area contributed by atoms with E-state index in [4.69, 9.17) is 11.6 Å². The van der Waals surface area contributed by atoms with Gasteiger partial charge in [0.2, 0.25) is 0 Å². The van der Waals surface area contributed by atoms with E-state index in [1.165, 1.54) is 11.6 Å². The average molecular weight is 328 g/mol. The van der Waals surface area contributed by atoms with Crippen molar-refractivity contribution in [1.82, 2.24) is 0 Å². The Balaban J connectivity index is 2.48. The second-order valence-electron chi connectivity index (χ2n) is 4.37.